The van der Waals surface area contributed by atoms with Crippen molar-refractivity contribution in [2.75, 3.05) is 13.2 Å². The van der Waals surface area contributed by atoms with Gasteiger partial charge in [0.2, 0.25) is 0 Å². The lowest BCUT2D eigenvalue weighted by Gasteiger charge is -2.15. The molecular formula is C15H22ClNO3. The van der Waals surface area contributed by atoms with Gasteiger partial charge in [-0.05, 0) is 37.3 Å². The molecule has 2 unspecified atom stereocenters. The van der Waals surface area contributed by atoms with E-state index in [-0.39, 0.29) is 6.54 Å². The van der Waals surface area contributed by atoms with Crippen LogP contribution in [0.4, 0.5) is 0 Å². The quantitative estimate of drug-likeness (QED) is 0.734. The monoisotopic (exact) mass is 299 g/mol. The zero-order valence-electron chi connectivity index (χ0n) is 11.7. The SMILES string of the molecule is CC(CCOc1ccccc1Cl)CCC(CN)C(=O)O. The molecule has 0 fully saturated rings. The maximum Gasteiger partial charge on any atom is 0.307 e. The fourth-order valence-corrected chi connectivity index (χ4v) is 2.09. The number of aliphatic carboxylic acids is 1. The van der Waals surface area contributed by atoms with Crippen LogP contribution in [0, 0.1) is 11.8 Å². The summed E-state index contributed by atoms with van der Waals surface area (Å²) in [6, 6.07) is 7.36. The highest BCUT2D eigenvalue weighted by Crippen LogP contribution is 2.24. The minimum atomic E-state index is -0.813. The van der Waals surface area contributed by atoms with E-state index in [9.17, 15) is 4.79 Å². The molecule has 0 amide bonds. The molecular weight excluding hydrogens is 278 g/mol. The molecule has 0 spiro atoms. The number of carbonyl (C=O) groups is 1. The van der Waals surface area contributed by atoms with E-state index in [0.29, 0.717) is 29.7 Å². The van der Waals surface area contributed by atoms with Crippen LogP contribution in [-0.4, -0.2) is 24.2 Å². The second-order valence-electron chi connectivity index (χ2n) is 5.02. The lowest BCUT2D eigenvalue weighted by Crippen LogP contribution is -2.23. The Kier molecular flexibility index (Phi) is 7.41. The van der Waals surface area contributed by atoms with E-state index in [1.165, 1.54) is 0 Å². The van der Waals surface area contributed by atoms with Gasteiger partial charge < -0.3 is 15.6 Å². The molecule has 0 heterocycles. The number of ether oxygens (including phenoxy) is 1. The molecule has 2 atom stereocenters. The smallest absolute Gasteiger partial charge is 0.307 e. The third-order valence-electron chi connectivity index (χ3n) is 3.35. The van der Waals surface area contributed by atoms with Gasteiger partial charge >= 0.3 is 5.97 Å². The highest BCUT2D eigenvalue weighted by atomic mass is 35.5. The first-order valence-electron chi connectivity index (χ1n) is 6.84. The second-order valence-corrected chi connectivity index (χ2v) is 5.43. The van der Waals surface area contributed by atoms with Crippen molar-refractivity contribution in [2.45, 2.75) is 26.2 Å². The molecule has 1 aromatic carbocycles. The van der Waals surface area contributed by atoms with Crippen LogP contribution >= 0.6 is 11.6 Å². The highest BCUT2D eigenvalue weighted by Gasteiger charge is 2.16. The summed E-state index contributed by atoms with van der Waals surface area (Å²) in [5.41, 5.74) is 5.43. The van der Waals surface area contributed by atoms with Gasteiger partial charge in [0.15, 0.2) is 0 Å². The zero-order chi connectivity index (χ0) is 15.0. The van der Waals surface area contributed by atoms with Crippen molar-refractivity contribution < 1.29 is 14.6 Å². The first kappa shape index (κ1) is 16.8. The molecule has 3 N–H and O–H groups in total. The summed E-state index contributed by atoms with van der Waals surface area (Å²) in [7, 11) is 0. The van der Waals surface area contributed by atoms with Crippen molar-refractivity contribution in [2.24, 2.45) is 17.6 Å². The average Bonchev–Trinajstić information content (AvgIpc) is 2.41. The largest absolute Gasteiger partial charge is 0.492 e. The molecule has 112 valence electrons. The number of nitrogens with two attached hydrogens (primary N) is 1. The Morgan fingerprint density at radius 3 is 2.65 bits per heavy atom. The summed E-state index contributed by atoms with van der Waals surface area (Å²) < 4.78 is 5.62. The molecule has 0 saturated heterocycles. The summed E-state index contributed by atoms with van der Waals surface area (Å²) in [4.78, 5) is 10.9. The summed E-state index contributed by atoms with van der Waals surface area (Å²) in [5, 5.41) is 9.53. The van der Waals surface area contributed by atoms with Crippen LogP contribution in [0.25, 0.3) is 0 Å². The third kappa shape index (κ3) is 5.80. The van der Waals surface area contributed by atoms with Crippen molar-refractivity contribution in [1.82, 2.24) is 0 Å². The highest BCUT2D eigenvalue weighted by molar-refractivity contribution is 6.32. The van der Waals surface area contributed by atoms with E-state index in [4.69, 9.17) is 27.2 Å². The van der Waals surface area contributed by atoms with Crippen molar-refractivity contribution in [3.05, 3.63) is 29.3 Å². The molecule has 20 heavy (non-hydrogen) atoms. The molecule has 0 aromatic heterocycles. The standard InChI is InChI=1S/C15H22ClNO3/c1-11(6-7-12(10-17)15(18)19)8-9-20-14-5-3-2-4-13(14)16/h2-5,11-12H,6-10,17H2,1H3,(H,18,19). The van der Waals surface area contributed by atoms with Gasteiger partial charge in [-0.2, -0.15) is 0 Å². The number of benzene rings is 1. The Balaban J connectivity index is 2.25. The molecule has 0 radical (unpaired) electrons. The molecule has 4 nitrogen and oxygen atoms in total. The Hall–Kier alpha value is -1.26. The molecule has 5 heteroatoms. The predicted octanol–water partition coefficient (Wildman–Crippen LogP) is 3.18. The van der Waals surface area contributed by atoms with Crippen molar-refractivity contribution in [1.29, 1.82) is 0 Å². The number of para-hydroxylation sites is 1. The summed E-state index contributed by atoms with van der Waals surface area (Å²) in [6.07, 6.45) is 2.31. The molecule has 0 bridgehead atoms. The van der Waals surface area contributed by atoms with Gasteiger partial charge in [0.1, 0.15) is 5.75 Å². The minimum absolute atomic E-state index is 0.193. The van der Waals surface area contributed by atoms with Gasteiger partial charge in [-0.15, -0.1) is 0 Å². The first-order valence-corrected chi connectivity index (χ1v) is 7.22. The van der Waals surface area contributed by atoms with Crippen LogP contribution < -0.4 is 10.5 Å². The van der Waals surface area contributed by atoms with Crippen LogP contribution in [0.1, 0.15) is 26.2 Å². The topological polar surface area (TPSA) is 72.5 Å². The maximum atomic E-state index is 10.9. The predicted molar refractivity (Wildman–Crippen MR) is 80.1 cm³/mol. The van der Waals surface area contributed by atoms with Crippen LogP contribution in [-0.2, 0) is 4.79 Å². The normalized spacial score (nSPS) is 13.8. The number of rotatable bonds is 9. The van der Waals surface area contributed by atoms with E-state index < -0.39 is 11.9 Å². The Morgan fingerprint density at radius 2 is 2.05 bits per heavy atom. The molecule has 0 aliphatic heterocycles. The van der Waals surface area contributed by atoms with Gasteiger partial charge in [0.25, 0.3) is 0 Å². The zero-order valence-corrected chi connectivity index (χ0v) is 12.5. The molecule has 1 rings (SSSR count). The van der Waals surface area contributed by atoms with Crippen LogP contribution in [0.5, 0.6) is 5.75 Å². The fourth-order valence-electron chi connectivity index (χ4n) is 1.90. The molecule has 0 aliphatic carbocycles. The number of halogens is 1. The maximum absolute atomic E-state index is 10.9. The Morgan fingerprint density at radius 1 is 1.35 bits per heavy atom. The van der Waals surface area contributed by atoms with E-state index in [0.717, 1.165) is 12.8 Å². The number of carboxylic acids is 1. The Bertz CT molecular complexity index is 425. The van der Waals surface area contributed by atoms with Crippen LogP contribution in [0.3, 0.4) is 0 Å². The van der Waals surface area contributed by atoms with E-state index in [2.05, 4.69) is 6.92 Å². The summed E-state index contributed by atoms with van der Waals surface area (Å²) in [5.74, 6) is -0.174. The van der Waals surface area contributed by atoms with Gasteiger partial charge in [-0.25, -0.2) is 0 Å². The minimum Gasteiger partial charge on any atom is -0.492 e. The molecule has 0 saturated carbocycles. The third-order valence-corrected chi connectivity index (χ3v) is 3.66. The lowest BCUT2D eigenvalue weighted by atomic mass is 9.95. The summed E-state index contributed by atoms with van der Waals surface area (Å²) >= 11 is 5.99. The lowest BCUT2D eigenvalue weighted by molar-refractivity contribution is -0.141. The van der Waals surface area contributed by atoms with Crippen molar-refractivity contribution in [3.8, 4) is 5.75 Å². The Labute approximate surface area is 124 Å². The van der Waals surface area contributed by atoms with Crippen LogP contribution in [0.2, 0.25) is 5.02 Å². The fraction of sp³-hybridized carbons (Fsp3) is 0.533. The van der Waals surface area contributed by atoms with E-state index >= 15 is 0 Å². The number of hydrogen-bond acceptors (Lipinski definition) is 3. The van der Waals surface area contributed by atoms with E-state index in [1.807, 2.05) is 18.2 Å². The van der Waals surface area contributed by atoms with E-state index in [1.54, 1.807) is 6.07 Å². The molecule has 1 aromatic rings. The van der Waals surface area contributed by atoms with Gasteiger partial charge in [-0.3, -0.25) is 4.79 Å². The van der Waals surface area contributed by atoms with Crippen molar-refractivity contribution in [3.63, 3.8) is 0 Å². The van der Waals surface area contributed by atoms with Gasteiger partial charge in [-0.1, -0.05) is 30.7 Å². The van der Waals surface area contributed by atoms with Crippen molar-refractivity contribution >= 4 is 17.6 Å². The average molecular weight is 300 g/mol. The molecule has 0 aliphatic rings. The van der Waals surface area contributed by atoms with Crippen LogP contribution in [0.15, 0.2) is 24.3 Å². The summed E-state index contributed by atoms with van der Waals surface area (Å²) in [6.45, 7) is 2.86. The number of carboxylic acid groups (broad SMARTS) is 1. The first-order chi connectivity index (χ1) is 9.54. The second kappa shape index (κ2) is 8.82. The van der Waals surface area contributed by atoms with Gasteiger partial charge in [0, 0.05) is 6.54 Å². The number of hydrogen-bond donors (Lipinski definition) is 2. The van der Waals surface area contributed by atoms with Gasteiger partial charge in [0.05, 0.1) is 17.5 Å².